The summed E-state index contributed by atoms with van der Waals surface area (Å²) in [5.74, 6) is 1.79. The summed E-state index contributed by atoms with van der Waals surface area (Å²) in [6.45, 7) is 2.63. The fraction of sp³-hybridized carbons (Fsp3) is 0.294. The summed E-state index contributed by atoms with van der Waals surface area (Å²) in [6, 6.07) is 16.2. The predicted molar refractivity (Wildman–Crippen MR) is 81.5 cm³/mol. The number of likely N-dealkylation sites (N-methyl/N-ethyl adjacent to an activating group) is 1. The molecule has 0 radical (unpaired) electrons. The maximum Gasteiger partial charge on any atom is 0.122 e. The van der Waals surface area contributed by atoms with Crippen LogP contribution in [0.4, 0.5) is 0 Å². The Balaban J connectivity index is 2.07. The van der Waals surface area contributed by atoms with Crippen LogP contribution in [0, 0.1) is 6.92 Å². The van der Waals surface area contributed by atoms with E-state index < -0.39 is 0 Å². The highest BCUT2D eigenvalue weighted by Crippen LogP contribution is 2.22. The molecule has 0 aliphatic rings. The molecule has 0 bridgehead atoms. The van der Waals surface area contributed by atoms with E-state index in [4.69, 9.17) is 9.47 Å². The quantitative estimate of drug-likeness (QED) is 0.874. The summed E-state index contributed by atoms with van der Waals surface area (Å²) in [4.78, 5) is 0. The van der Waals surface area contributed by atoms with Gasteiger partial charge in [0.15, 0.2) is 0 Å². The smallest absolute Gasteiger partial charge is 0.122 e. The summed E-state index contributed by atoms with van der Waals surface area (Å²) in [5, 5.41) is 3.28. The Morgan fingerprint density at radius 1 is 1.10 bits per heavy atom. The number of hydrogen-bond acceptors (Lipinski definition) is 3. The van der Waals surface area contributed by atoms with E-state index >= 15 is 0 Å². The van der Waals surface area contributed by atoms with Crippen LogP contribution in [0.25, 0.3) is 0 Å². The standard InChI is InChI=1S/C17H21NO2/c1-13-7-4-5-10-17(13)20-12-16(18-2)14-8-6-9-15(11-14)19-3/h4-11,16,18H,12H2,1-3H3. The molecule has 0 saturated heterocycles. The Morgan fingerprint density at radius 3 is 2.60 bits per heavy atom. The van der Waals surface area contributed by atoms with Crippen molar-refractivity contribution in [2.45, 2.75) is 13.0 Å². The summed E-state index contributed by atoms with van der Waals surface area (Å²) < 4.78 is 11.2. The van der Waals surface area contributed by atoms with Gasteiger partial charge in [-0.2, -0.15) is 0 Å². The second kappa shape index (κ2) is 6.96. The van der Waals surface area contributed by atoms with Gasteiger partial charge < -0.3 is 14.8 Å². The van der Waals surface area contributed by atoms with Crippen LogP contribution in [-0.4, -0.2) is 20.8 Å². The molecule has 0 fully saturated rings. The number of aryl methyl sites for hydroxylation is 1. The number of nitrogens with one attached hydrogen (secondary N) is 1. The molecule has 2 aromatic rings. The molecular weight excluding hydrogens is 250 g/mol. The van der Waals surface area contributed by atoms with Gasteiger partial charge in [0, 0.05) is 0 Å². The van der Waals surface area contributed by atoms with Crippen molar-refractivity contribution in [1.82, 2.24) is 5.32 Å². The molecule has 1 N–H and O–H groups in total. The maximum absolute atomic E-state index is 5.91. The van der Waals surface area contributed by atoms with E-state index in [2.05, 4.69) is 24.4 Å². The minimum Gasteiger partial charge on any atom is -0.497 e. The molecule has 1 unspecified atom stereocenters. The minimum atomic E-state index is 0.129. The van der Waals surface area contributed by atoms with Crippen molar-refractivity contribution < 1.29 is 9.47 Å². The second-order valence-electron chi connectivity index (χ2n) is 4.69. The fourth-order valence-corrected chi connectivity index (χ4v) is 2.10. The molecule has 2 rings (SSSR count). The van der Waals surface area contributed by atoms with Crippen molar-refractivity contribution in [1.29, 1.82) is 0 Å². The van der Waals surface area contributed by atoms with Crippen LogP contribution in [0.5, 0.6) is 11.5 Å². The van der Waals surface area contributed by atoms with E-state index in [9.17, 15) is 0 Å². The Kier molecular flexibility index (Phi) is 5.02. The first-order valence-electron chi connectivity index (χ1n) is 6.74. The molecule has 0 aromatic heterocycles. The first-order chi connectivity index (χ1) is 9.74. The van der Waals surface area contributed by atoms with Gasteiger partial charge in [-0.3, -0.25) is 0 Å². The number of methoxy groups -OCH3 is 1. The van der Waals surface area contributed by atoms with E-state index in [0.29, 0.717) is 6.61 Å². The molecule has 106 valence electrons. The van der Waals surface area contributed by atoms with Crippen molar-refractivity contribution >= 4 is 0 Å². The molecule has 0 aliphatic heterocycles. The van der Waals surface area contributed by atoms with Crippen LogP contribution in [0.1, 0.15) is 17.2 Å². The van der Waals surface area contributed by atoms with Crippen LogP contribution in [0.2, 0.25) is 0 Å². The van der Waals surface area contributed by atoms with Gasteiger partial charge in [0.2, 0.25) is 0 Å². The third-order valence-electron chi connectivity index (χ3n) is 3.34. The zero-order valence-corrected chi connectivity index (χ0v) is 12.2. The van der Waals surface area contributed by atoms with Crippen molar-refractivity contribution in [3.8, 4) is 11.5 Å². The predicted octanol–water partition coefficient (Wildman–Crippen LogP) is 3.34. The van der Waals surface area contributed by atoms with Crippen molar-refractivity contribution in [2.24, 2.45) is 0 Å². The average molecular weight is 271 g/mol. The zero-order chi connectivity index (χ0) is 14.4. The van der Waals surface area contributed by atoms with Gasteiger partial charge in [-0.1, -0.05) is 30.3 Å². The topological polar surface area (TPSA) is 30.5 Å². The van der Waals surface area contributed by atoms with Crippen LogP contribution in [0.15, 0.2) is 48.5 Å². The molecule has 0 spiro atoms. The van der Waals surface area contributed by atoms with E-state index in [-0.39, 0.29) is 6.04 Å². The third kappa shape index (κ3) is 3.52. The molecule has 2 aromatic carbocycles. The third-order valence-corrected chi connectivity index (χ3v) is 3.34. The molecule has 1 atom stereocenters. The molecule has 3 heteroatoms. The lowest BCUT2D eigenvalue weighted by atomic mass is 10.1. The fourth-order valence-electron chi connectivity index (χ4n) is 2.10. The van der Waals surface area contributed by atoms with Crippen molar-refractivity contribution in [3.05, 3.63) is 59.7 Å². The SMILES string of the molecule is CNC(COc1ccccc1C)c1cccc(OC)c1. The van der Waals surface area contributed by atoms with E-state index in [1.165, 1.54) is 0 Å². The Bertz CT molecular complexity index is 554. The van der Waals surface area contributed by atoms with Gasteiger partial charge >= 0.3 is 0 Å². The van der Waals surface area contributed by atoms with Gasteiger partial charge in [0.05, 0.1) is 13.2 Å². The lowest BCUT2D eigenvalue weighted by molar-refractivity contribution is 0.271. The zero-order valence-electron chi connectivity index (χ0n) is 12.2. The van der Waals surface area contributed by atoms with Crippen LogP contribution < -0.4 is 14.8 Å². The van der Waals surface area contributed by atoms with Crippen LogP contribution >= 0.6 is 0 Å². The molecule has 0 saturated carbocycles. The van der Waals surface area contributed by atoms with E-state index in [1.54, 1.807) is 7.11 Å². The maximum atomic E-state index is 5.91. The number of para-hydroxylation sites is 1. The molecule has 20 heavy (non-hydrogen) atoms. The largest absolute Gasteiger partial charge is 0.497 e. The molecular formula is C17H21NO2. The van der Waals surface area contributed by atoms with Crippen LogP contribution in [0.3, 0.4) is 0 Å². The minimum absolute atomic E-state index is 0.129. The van der Waals surface area contributed by atoms with Crippen LogP contribution in [-0.2, 0) is 0 Å². The first kappa shape index (κ1) is 14.4. The normalized spacial score (nSPS) is 11.9. The average Bonchev–Trinajstić information content (AvgIpc) is 2.50. The molecule has 3 nitrogen and oxygen atoms in total. The molecule has 0 aliphatic carbocycles. The highest BCUT2D eigenvalue weighted by molar-refractivity contribution is 5.33. The Labute approximate surface area is 120 Å². The van der Waals surface area contributed by atoms with E-state index in [0.717, 1.165) is 22.6 Å². The van der Waals surface area contributed by atoms with Gasteiger partial charge in [-0.05, 0) is 43.3 Å². The highest BCUT2D eigenvalue weighted by Gasteiger charge is 2.11. The Hall–Kier alpha value is -2.00. The number of ether oxygens (including phenoxy) is 2. The Morgan fingerprint density at radius 2 is 1.90 bits per heavy atom. The summed E-state index contributed by atoms with van der Waals surface area (Å²) in [5.41, 5.74) is 2.30. The van der Waals surface area contributed by atoms with Gasteiger partial charge in [0.1, 0.15) is 18.1 Å². The highest BCUT2D eigenvalue weighted by atomic mass is 16.5. The number of hydrogen-bond donors (Lipinski definition) is 1. The van der Waals surface area contributed by atoms with Gasteiger partial charge in [-0.15, -0.1) is 0 Å². The van der Waals surface area contributed by atoms with Crippen molar-refractivity contribution in [3.63, 3.8) is 0 Å². The molecule has 0 heterocycles. The van der Waals surface area contributed by atoms with Gasteiger partial charge in [-0.25, -0.2) is 0 Å². The first-order valence-corrected chi connectivity index (χ1v) is 6.74. The number of benzene rings is 2. The monoisotopic (exact) mass is 271 g/mol. The molecule has 0 amide bonds. The van der Waals surface area contributed by atoms with Gasteiger partial charge in [0.25, 0.3) is 0 Å². The summed E-state index contributed by atoms with van der Waals surface area (Å²) in [6.07, 6.45) is 0. The lowest BCUT2D eigenvalue weighted by Gasteiger charge is -2.19. The van der Waals surface area contributed by atoms with Crippen molar-refractivity contribution in [2.75, 3.05) is 20.8 Å². The second-order valence-corrected chi connectivity index (χ2v) is 4.69. The lowest BCUT2D eigenvalue weighted by Crippen LogP contribution is -2.23. The summed E-state index contributed by atoms with van der Waals surface area (Å²) >= 11 is 0. The number of rotatable bonds is 6. The summed E-state index contributed by atoms with van der Waals surface area (Å²) in [7, 11) is 3.61. The van der Waals surface area contributed by atoms with E-state index in [1.807, 2.05) is 43.4 Å².